The van der Waals surface area contributed by atoms with Crippen LogP contribution in [0.1, 0.15) is 18.9 Å². The number of benzene rings is 1. The summed E-state index contributed by atoms with van der Waals surface area (Å²) in [6, 6.07) is 8.24. The summed E-state index contributed by atoms with van der Waals surface area (Å²) >= 11 is 0. The van der Waals surface area contributed by atoms with Crippen molar-refractivity contribution in [2.24, 2.45) is 0 Å². The fraction of sp³-hybridized carbons (Fsp3) is 0.556. The van der Waals surface area contributed by atoms with Crippen LogP contribution in [0, 0.1) is 0 Å². The highest BCUT2D eigenvalue weighted by atomic mass is 16.5. The number of para-hydroxylation sites is 1. The quantitative estimate of drug-likeness (QED) is 0.462. The Bertz CT molecular complexity index is 534. The third-order valence-corrected chi connectivity index (χ3v) is 3.70. The molecule has 0 aromatic heterocycles. The number of nitrogens with zero attached hydrogens (tertiary/aromatic N) is 1. The highest BCUT2D eigenvalue weighted by Crippen LogP contribution is 2.17. The lowest BCUT2D eigenvalue weighted by Crippen LogP contribution is -2.37. The average Bonchev–Trinajstić information content (AvgIpc) is 2.64. The molecule has 1 aliphatic rings. The van der Waals surface area contributed by atoms with E-state index < -0.39 is 11.9 Å². The molecular weight excluding hydrogens is 340 g/mol. The van der Waals surface area contributed by atoms with Crippen molar-refractivity contribution in [3.8, 4) is 5.75 Å². The molecule has 2 rings (SSSR count). The van der Waals surface area contributed by atoms with Crippen LogP contribution in [0.3, 0.4) is 0 Å². The first-order valence-corrected chi connectivity index (χ1v) is 8.72. The number of hydrogen-bond acceptors (Lipinski definition) is 6. The van der Waals surface area contributed by atoms with Crippen molar-refractivity contribution in [3.05, 3.63) is 29.8 Å². The molecule has 3 N–H and O–H groups in total. The van der Waals surface area contributed by atoms with Gasteiger partial charge in [-0.15, -0.1) is 0 Å². The Kier molecular flexibility index (Phi) is 11.0. The van der Waals surface area contributed by atoms with Gasteiger partial charge in [-0.05, 0) is 32.5 Å². The van der Waals surface area contributed by atoms with E-state index in [2.05, 4.69) is 22.3 Å². The molecule has 0 bridgehead atoms. The summed E-state index contributed by atoms with van der Waals surface area (Å²) in [5, 5.41) is 18.3. The number of carbonyl (C=O) groups is 2. The molecule has 0 unspecified atom stereocenters. The van der Waals surface area contributed by atoms with Crippen molar-refractivity contribution in [2.45, 2.75) is 19.9 Å². The van der Waals surface area contributed by atoms with Gasteiger partial charge in [0.15, 0.2) is 0 Å². The number of nitrogens with one attached hydrogen (secondary N) is 1. The van der Waals surface area contributed by atoms with Gasteiger partial charge < -0.3 is 25.0 Å². The SMILES string of the molecule is CCOc1ccccc1CNCCCN1CCOCC1.O=C(O)C(=O)O. The number of aliphatic carboxylic acids is 2. The maximum Gasteiger partial charge on any atom is 0.414 e. The van der Waals surface area contributed by atoms with Gasteiger partial charge in [0.1, 0.15) is 5.75 Å². The molecule has 0 amide bonds. The van der Waals surface area contributed by atoms with Crippen LogP contribution in [0.25, 0.3) is 0 Å². The number of rotatable bonds is 8. The third-order valence-electron chi connectivity index (χ3n) is 3.70. The summed E-state index contributed by atoms with van der Waals surface area (Å²) in [6.07, 6.45) is 1.18. The van der Waals surface area contributed by atoms with E-state index in [4.69, 9.17) is 29.3 Å². The zero-order valence-electron chi connectivity index (χ0n) is 15.1. The van der Waals surface area contributed by atoms with Crippen LogP contribution in [0.5, 0.6) is 5.75 Å². The summed E-state index contributed by atoms with van der Waals surface area (Å²) in [5.74, 6) is -2.65. The molecule has 1 aromatic rings. The zero-order chi connectivity index (χ0) is 19.2. The summed E-state index contributed by atoms with van der Waals surface area (Å²) < 4.78 is 11.0. The van der Waals surface area contributed by atoms with Crippen LogP contribution in [-0.4, -0.2) is 73.1 Å². The molecule has 8 nitrogen and oxygen atoms in total. The Morgan fingerprint density at radius 1 is 1.19 bits per heavy atom. The number of hydrogen-bond donors (Lipinski definition) is 3. The van der Waals surface area contributed by atoms with E-state index in [9.17, 15) is 0 Å². The van der Waals surface area contributed by atoms with Crippen molar-refractivity contribution in [1.82, 2.24) is 10.2 Å². The van der Waals surface area contributed by atoms with Crippen molar-refractivity contribution in [3.63, 3.8) is 0 Å². The monoisotopic (exact) mass is 368 g/mol. The maximum absolute atomic E-state index is 9.10. The van der Waals surface area contributed by atoms with Crippen LogP contribution in [0.15, 0.2) is 24.3 Å². The van der Waals surface area contributed by atoms with Gasteiger partial charge in [-0.25, -0.2) is 9.59 Å². The van der Waals surface area contributed by atoms with Crippen LogP contribution >= 0.6 is 0 Å². The molecule has 1 fully saturated rings. The van der Waals surface area contributed by atoms with Crippen molar-refractivity contribution in [1.29, 1.82) is 0 Å². The fourth-order valence-electron chi connectivity index (χ4n) is 2.42. The van der Waals surface area contributed by atoms with Gasteiger partial charge in [0, 0.05) is 25.2 Å². The molecule has 146 valence electrons. The summed E-state index contributed by atoms with van der Waals surface area (Å²) in [6.45, 7) is 9.73. The lowest BCUT2D eigenvalue weighted by atomic mass is 10.2. The van der Waals surface area contributed by atoms with Gasteiger partial charge >= 0.3 is 11.9 Å². The van der Waals surface area contributed by atoms with E-state index in [0.717, 1.165) is 51.7 Å². The van der Waals surface area contributed by atoms with E-state index in [0.29, 0.717) is 6.61 Å². The van der Waals surface area contributed by atoms with Gasteiger partial charge in [-0.1, -0.05) is 18.2 Å². The average molecular weight is 368 g/mol. The molecule has 0 radical (unpaired) electrons. The van der Waals surface area contributed by atoms with Crippen LogP contribution in [0.4, 0.5) is 0 Å². The molecule has 1 aliphatic heterocycles. The molecule has 0 atom stereocenters. The van der Waals surface area contributed by atoms with E-state index in [1.807, 2.05) is 19.1 Å². The fourth-order valence-corrected chi connectivity index (χ4v) is 2.42. The highest BCUT2D eigenvalue weighted by Gasteiger charge is 2.09. The molecule has 8 heteroatoms. The molecular formula is C18H28N2O6. The number of morpholine rings is 1. The normalized spacial score (nSPS) is 14.2. The minimum Gasteiger partial charge on any atom is -0.494 e. The lowest BCUT2D eigenvalue weighted by Gasteiger charge is -2.26. The van der Waals surface area contributed by atoms with Gasteiger partial charge in [0.25, 0.3) is 0 Å². The second-order valence-electron chi connectivity index (χ2n) is 5.64. The Hall–Kier alpha value is -2.16. The minimum atomic E-state index is -1.82. The zero-order valence-corrected chi connectivity index (χ0v) is 15.1. The third kappa shape index (κ3) is 9.36. The smallest absolute Gasteiger partial charge is 0.414 e. The van der Waals surface area contributed by atoms with E-state index in [1.165, 1.54) is 12.0 Å². The van der Waals surface area contributed by atoms with Crippen molar-refractivity contribution >= 4 is 11.9 Å². The number of ether oxygens (including phenoxy) is 2. The van der Waals surface area contributed by atoms with E-state index >= 15 is 0 Å². The molecule has 1 saturated heterocycles. The first-order valence-electron chi connectivity index (χ1n) is 8.72. The number of carboxylic acids is 2. The molecule has 1 aromatic carbocycles. The predicted octanol–water partition coefficient (Wildman–Crippen LogP) is 1.05. The predicted molar refractivity (Wildman–Crippen MR) is 96.5 cm³/mol. The first-order chi connectivity index (χ1) is 12.5. The van der Waals surface area contributed by atoms with Crippen molar-refractivity contribution < 1.29 is 29.3 Å². The molecule has 0 spiro atoms. The van der Waals surface area contributed by atoms with E-state index in [-0.39, 0.29) is 0 Å². The van der Waals surface area contributed by atoms with Crippen molar-refractivity contribution in [2.75, 3.05) is 46.0 Å². The Labute approximate surface area is 153 Å². The Balaban J connectivity index is 0.000000487. The Morgan fingerprint density at radius 3 is 2.46 bits per heavy atom. The van der Waals surface area contributed by atoms with Crippen LogP contribution in [-0.2, 0) is 20.9 Å². The van der Waals surface area contributed by atoms with Gasteiger partial charge in [0.05, 0.1) is 19.8 Å². The van der Waals surface area contributed by atoms with Crippen LogP contribution in [0.2, 0.25) is 0 Å². The van der Waals surface area contributed by atoms with Gasteiger partial charge in [-0.2, -0.15) is 0 Å². The maximum atomic E-state index is 9.10. The first kappa shape index (κ1) is 21.9. The largest absolute Gasteiger partial charge is 0.494 e. The second kappa shape index (κ2) is 13.1. The van der Waals surface area contributed by atoms with Crippen LogP contribution < -0.4 is 10.1 Å². The Morgan fingerprint density at radius 2 is 1.85 bits per heavy atom. The topological polar surface area (TPSA) is 108 Å². The van der Waals surface area contributed by atoms with Gasteiger partial charge in [-0.3, -0.25) is 4.90 Å². The summed E-state index contributed by atoms with van der Waals surface area (Å²) in [4.78, 5) is 20.7. The summed E-state index contributed by atoms with van der Waals surface area (Å²) in [7, 11) is 0. The van der Waals surface area contributed by atoms with E-state index in [1.54, 1.807) is 0 Å². The molecule has 0 saturated carbocycles. The molecule has 1 heterocycles. The lowest BCUT2D eigenvalue weighted by molar-refractivity contribution is -0.159. The standard InChI is InChI=1S/C16H26N2O2.C2H2O4/c1-2-20-16-7-4-3-6-15(16)14-17-8-5-9-18-10-12-19-13-11-18;3-1(4)2(5)6/h3-4,6-7,17H,2,5,8-14H2,1H3;(H,3,4)(H,5,6). The van der Waals surface area contributed by atoms with Gasteiger partial charge in [0.2, 0.25) is 0 Å². The highest BCUT2D eigenvalue weighted by molar-refractivity contribution is 6.27. The molecule has 0 aliphatic carbocycles. The summed E-state index contributed by atoms with van der Waals surface area (Å²) in [5.41, 5.74) is 1.24. The minimum absolute atomic E-state index is 0.716. The second-order valence-corrected chi connectivity index (χ2v) is 5.64. The number of carboxylic acid groups (broad SMARTS) is 2. The molecule has 26 heavy (non-hydrogen) atoms.